The fourth-order valence-corrected chi connectivity index (χ4v) is 2.29. The van der Waals surface area contributed by atoms with Gasteiger partial charge < -0.3 is 5.32 Å². The smallest absolute Gasteiger partial charge is 0.00955 e. The minimum absolute atomic E-state index is 0.874. The summed E-state index contributed by atoms with van der Waals surface area (Å²) in [4.78, 5) is 0. The summed E-state index contributed by atoms with van der Waals surface area (Å²) in [6, 6.07) is 0.874. The second kappa shape index (κ2) is 2.91. The van der Waals surface area contributed by atoms with Crippen LogP contribution in [0.4, 0.5) is 0 Å². The molecule has 0 spiro atoms. The largest absolute Gasteiger partial charge is 0.313 e. The maximum atomic E-state index is 3.57. The van der Waals surface area contributed by atoms with Crippen LogP contribution in [0.2, 0.25) is 0 Å². The lowest BCUT2D eigenvalue weighted by Gasteiger charge is -2.36. The normalized spacial score (nSPS) is 40.8. The first kappa shape index (κ1) is 6.66. The van der Waals surface area contributed by atoms with Crippen molar-refractivity contribution in [1.82, 2.24) is 5.32 Å². The Bertz CT molecular complexity index is 85.3. The maximum absolute atomic E-state index is 3.57. The van der Waals surface area contributed by atoms with Gasteiger partial charge in [0.25, 0.3) is 0 Å². The molecule has 1 radical (unpaired) electrons. The lowest BCUT2D eigenvalue weighted by molar-refractivity contribution is 0.239. The van der Waals surface area contributed by atoms with Crippen molar-refractivity contribution >= 4 is 0 Å². The predicted molar refractivity (Wildman–Crippen MR) is 42.7 cm³/mol. The molecular formula is C9H16N. The van der Waals surface area contributed by atoms with Gasteiger partial charge in [-0.2, -0.15) is 0 Å². The molecular weight excluding hydrogens is 122 g/mol. The first-order valence-corrected chi connectivity index (χ1v) is 4.52. The standard InChI is InChI=1S/C9H16N/c1-2-6-9-8(4-1)5-3-7-10-9/h3,8-10H,1-2,4-7H2. The SMILES string of the molecule is [CH]1CNC2CCCCC2C1. The van der Waals surface area contributed by atoms with Crippen molar-refractivity contribution < 1.29 is 0 Å². The van der Waals surface area contributed by atoms with Crippen LogP contribution in [0, 0.1) is 12.3 Å². The summed E-state index contributed by atoms with van der Waals surface area (Å²) in [5, 5.41) is 3.57. The Morgan fingerprint density at radius 2 is 2.10 bits per heavy atom. The van der Waals surface area contributed by atoms with E-state index in [9.17, 15) is 0 Å². The molecule has 2 fully saturated rings. The lowest BCUT2D eigenvalue weighted by atomic mass is 9.80. The van der Waals surface area contributed by atoms with Gasteiger partial charge in [0, 0.05) is 6.04 Å². The summed E-state index contributed by atoms with van der Waals surface area (Å²) in [7, 11) is 0. The van der Waals surface area contributed by atoms with Crippen molar-refractivity contribution in [2.45, 2.75) is 38.1 Å². The van der Waals surface area contributed by atoms with Crippen molar-refractivity contribution in [1.29, 1.82) is 0 Å². The van der Waals surface area contributed by atoms with Gasteiger partial charge in [-0.15, -0.1) is 0 Å². The first-order valence-electron chi connectivity index (χ1n) is 4.52. The van der Waals surface area contributed by atoms with Gasteiger partial charge in [0.2, 0.25) is 0 Å². The Hall–Kier alpha value is -0.0400. The Kier molecular flexibility index (Phi) is 1.94. The molecule has 0 amide bonds. The lowest BCUT2D eigenvalue weighted by Crippen LogP contribution is -2.43. The highest BCUT2D eigenvalue weighted by Crippen LogP contribution is 2.29. The number of rotatable bonds is 0. The second-order valence-electron chi connectivity index (χ2n) is 3.58. The van der Waals surface area contributed by atoms with Crippen LogP contribution in [0.1, 0.15) is 32.1 Å². The maximum Gasteiger partial charge on any atom is 0.00955 e. The second-order valence-corrected chi connectivity index (χ2v) is 3.58. The molecule has 0 aromatic carbocycles. The van der Waals surface area contributed by atoms with E-state index >= 15 is 0 Å². The molecule has 0 aromatic heterocycles. The topological polar surface area (TPSA) is 12.0 Å². The van der Waals surface area contributed by atoms with Gasteiger partial charge in [0.1, 0.15) is 0 Å². The van der Waals surface area contributed by atoms with Crippen molar-refractivity contribution in [2.24, 2.45) is 5.92 Å². The Morgan fingerprint density at radius 3 is 3.00 bits per heavy atom. The van der Waals surface area contributed by atoms with Crippen LogP contribution in [0.15, 0.2) is 0 Å². The van der Waals surface area contributed by atoms with Crippen LogP contribution in [-0.2, 0) is 0 Å². The number of nitrogens with one attached hydrogen (secondary N) is 1. The van der Waals surface area contributed by atoms with E-state index in [0.29, 0.717) is 0 Å². The van der Waals surface area contributed by atoms with Crippen LogP contribution in [0.5, 0.6) is 0 Å². The number of hydrogen-bond acceptors (Lipinski definition) is 1. The van der Waals surface area contributed by atoms with Gasteiger partial charge in [0.15, 0.2) is 0 Å². The Balaban J connectivity index is 1.93. The van der Waals surface area contributed by atoms with Gasteiger partial charge in [0.05, 0.1) is 0 Å². The van der Waals surface area contributed by atoms with Gasteiger partial charge in [-0.3, -0.25) is 0 Å². The van der Waals surface area contributed by atoms with E-state index < -0.39 is 0 Å². The van der Waals surface area contributed by atoms with Crippen LogP contribution >= 0.6 is 0 Å². The predicted octanol–water partition coefficient (Wildman–Crippen LogP) is 1.74. The Labute approximate surface area is 63.2 Å². The molecule has 0 bridgehead atoms. The number of piperidine rings is 1. The average Bonchev–Trinajstić information content (AvgIpc) is 2.05. The first-order chi connectivity index (χ1) is 4.97. The van der Waals surface area contributed by atoms with Gasteiger partial charge >= 0.3 is 0 Å². The molecule has 0 aromatic rings. The molecule has 1 aliphatic heterocycles. The van der Waals surface area contributed by atoms with Crippen molar-refractivity contribution in [3.05, 3.63) is 6.42 Å². The molecule has 2 atom stereocenters. The summed E-state index contributed by atoms with van der Waals surface area (Å²) in [5.41, 5.74) is 0. The highest BCUT2D eigenvalue weighted by molar-refractivity contribution is 4.90. The van der Waals surface area contributed by atoms with Crippen molar-refractivity contribution in [2.75, 3.05) is 6.54 Å². The van der Waals surface area contributed by atoms with Gasteiger partial charge in [-0.05, 0) is 38.1 Å². The van der Waals surface area contributed by atoms with E-state index in [1.165, 1.54) is 32.1 Å². The molecule has 2 rings (SSSR count). The zero-order chi connectivity index (χ0) is 6.81. The van der Waals surface area contributed by atoms with Crippen molar-refractivity contribution in [3.8, 4) is 0 Å². The van der Waals surface area contributed by atoms with Crippen LogP contribution in [0.3, 0.4) is 0 Å². The summed E-state index contributed by atoms with van der Waals surface area (Å²) >= 11 is 0. The zero-order valence-corrected chi connectivity index (χ0v) is 6.47. The quantitative estimate of drug-likeness (QED) is 0.537. The third-order valence-electron chi connectivity index (χ3n) is 2.90. The minimum atomic E-state index is 0.874. The molecule has 1 nitrogen and oxygen atoms in total. The van der Waals surface area contributed by atoms with Crippen LogP contribution in [-0.4, -0.2) is 12.6 Å². The number of hydrogen-bond donors (Lipinski definition) is 1. The van der Waals surface area contributed by atoms with Gasteiger partial charge in [-0.25, -0.2) is 0 Å². The van der Waals surface area contributed by atoms with E-state index in [2.05, 4.69) is 11.7 Å². The van der Waals surface area contributed by atoms with E-state index in [1.807, 2.05) is 0 Å². The molecule has 1 saturated carbocycles. The van der Waals surface area contributed by atoms with E-state index in [0.717, 1.165) is 18.5 Å². The molecule has 1 heteroatoms. The third-order valence-corrected chi connectivity index (χ3v) is 2.90. The summed E-state index contributed by atoms with van der Waals surface area (Å²) in [5.74, 6) is 0.988. The fraction of sp³-hybridized carbons (Fsp3) is 0.889. The monoisotopic (exact) mass is 138 g/mol. The molecule has 2 aliphatic rings. The number of fused-ring (bicyclic) bond motifs is 1. The highest BCUT2D eigenvalue weighted by Gasteiger charge is 2.26. The summed E-state index contributed by atoms with van der Waals surface area (Å²) < 4.78 is 0. The third kappa shape index (κ3) is 1.20. The zero-order valence-electron chi connectivity index (χ0n) is 6.47. The molecule has 57 valence electrons. The average molecular weight is 138 g/mol. The highest BCUT2D eigenvalue weighted by atomic mass is 14.9. The van der Waals surface area contributed by atoms with E-state index in [1.54, 1.807) is 0 Å². The van der Waals surface area contributed by atoms with E-state index in [4.69, 9.17) is 0 Å². The molecule has 1 N–H and O–H groups in total. The van der Waals surface area contributed by atoms with Gasteiger partial charge in [-0.1, -0.05) is 12.8 Å². The van der Waals surface area contributed by atoms with E-state index in [-0.39, 0.29) is 0 Å². The molecule has 2 unspecified atom stereocenters. The van der Waals surface area contributed by atoms with Crippen molar-refractivity contribution in [3.63, 3.8) is 0 Å². The Morgan fingerprint density at radius 1 is 1.20 bits per heavy atom. The molecule has 10 heavy (non-hydrogen) atoms. The van der Waals surface area contributed by atoms with Crippen LogP contribution < -0.4 is 5.32 Å². The molecule has 1 saturated heterocycles. The van der Waals surface area contributed by atoms with Crippen LogP contribution in [0.25, 0.3) is 0 Å². The molecule has 1 aliphatic carbocycles. The summed E-state index contributed by atoms with van der Waals surface area (Å²) in [6.45, 7) is 1.15. The fourth-order valence-electron chi connectivity index (χ4n) is 2.29. The minimum Gasteiger partial charge on any atom is -0.313 e. The summed E-state index contributed by atoms with van der Waals surface area (Å²) in [6.07, 6.45) is 9.58. The molecule has 1 heterocycles.